The second-order valence-corrected chi connectivity index (χ2v) is 9.34. The maximum Gasteiger partial charge on any atom is 0.143 e. The van der Waals surface area contributed by atoms with E-state index in [0.29, 0.717) is 6.61 Å². The van der Waals surface area contributed by atoms with Crippen LogP contribution in [0.2, 0.25) is 0 Å². The lowest BCUT2D eigenvalue weighted by Crippen LogP contribution is -2.33. The molecule has 4 aromatic rings. The van der Waals surface area contributed by atoms with Crippen LogP contribution in [-0.4, -0.2) is 38.3 Å². The van der Waals surface area contributed by atoms with Crippen molar-refractivity contribution in [3.63, 3.8) is 0 Å². The average Bonchev–Trinajstić information content (AvgIpc) is 3.31. The van der Waals surface area contributed by atoms with Gasteiger partial charge in [-0.05, 0) is 79.8 Å². The van der Waals surface area contributed by atoms with Crippen LogP contribution in [0.25, 0.3) is 21.9 Å². The molecular weight excluding hydrogens is 444 g/mol. The Labute approximate surface area is 204 Å². The Hall–Kier alpha value is -3.22. The summed E-state index contributed by atoms with van der Waals surface area (Å²) in [5.74, 6) is 3.20. The smallest absolute Gasteiger partial charge is 0.143 e. The van der Waals surface area contributed by atoms with Gasteiger partial charge in [0, 0.05) is 33.8 Å². The third-order valence-corrected chi connectivity index (χ3v) is 7.09. The topological polar surface area (TPSA) is 57.0 Å². The highest BCUT2D eigenvalue weighted by atomic mass is 32.1. The van der Waals surface area contributed by atoms with Crippen molar-refractivity contribution in [1.82, 2.24) is 4.90 Å². The van der Waals surface area contributed by atoms with E-state index in [0.717, 1.165) is 57.1 Å². The number of benzene rings is 3. The van der Waals surface area contributed by atoms with Gasteiger partial charge in [0.1, 0.15) is 29.6 Å². The molecule has 3 aromatic carbocycles. The zero-order valence-electron chi connectivity index (χ0n) is 19.5. The van der Waals surface area contributed by atoms with Gasteiger partial charge in [-0.3, -0.25) is 4.90 Å². The van der Waals surface area contributed by atoms with E-state index in [1.165, 1.54) is 32.4 Å². The van der Waals surface area contributed by atoms with Crippen molar-refractivity contribution in [2.75, 3.05) is 39.1 Å². The molecular formula is C28H30N2O3S. The summed E-state index contributed by atoms with van der Waals surface area (Å²) in [4.78, 5) is 2.48. The number of likely N-dealkylation sites (tertiary alicyclic amines) is 1. The van der Waals surface area contributed by atoms with Crippen molar-refractivity contribution in [3.8, 4) is 34.1 Å². The van der Waals surface area contributed by atoms with Crippen molar-refractivity contribution in [2.45, 2.75) is 19.3 Å². The number of rotatable bonds is 8. The third kappa shape index (κ3) is 4.98. The van der Waals surface area contributed by atoms with Crippen molar-refractivity contribution in [3.05, 3.63) is 65.4 Å². The SMILES string of the molecule is COc1ccc2c(Oc3ccc(OCCN4CCCCC4)cc3)c(-c3cscc3N)ccc2c1. The van der Waals surface area contributed by atoms with E-state index in [1.807, 2.05) is 47.8 Å². The molecule has 0 amide bonds. The largest absolute Gasteiger partial charge is 0.497 e. The summed E-state index contributed by atoms with van der Waals surface area (Å²) < 4.78 is 17.9. The van der Waals surface area contributed by atoms with Gasteiger partial charge in [0.05, 0.1) is 12.8 Å². The molecule has 0 saturated carbocycles. The Bertz CT molecular complexity index is 1250. The molecule has 0 aliphatic carbocycles. The fraction of sp³-hybridized carbons (Fsp3) is 0.286. The van der Waals surface area contributed by atoms with Crippen molar-refractivity contribution >= 4 is 27.8 Å². The first-order valence-electron chi connectivity index (χ1n) is 11.8. The highest BCUT2D eigenvalue weighted by Crippen LogP contribution is 2.43. The molecule has 6 heteroatoms. The van der Waals surface area contributed by atoms with Gasteiger partial charge in [-0.25, -0.2) is 0 Å². The number of hydrogen-bond acceptors (Lipinski definition) is 6. The number of hydrogen-bond donors (Lipinski definition) is 1. The van der Waals surface area contributed by atoms with Crippen LogP contribution < -0.4 is 19.9 Å². The first-order valence-corrected chi connectivity index (χ1v) is 12.7. The maximum atomic E-state index is 6.47. The van der Waals surface area contributed by atoms with Crippen LogP contribution in [0.5, 0.6) is 23.0 Å². The second-order valence-electron chi connectivity index (χ2n) is 8.59. The minimum absolute atomic E-state index is 0.701. The molecule has 1 fully saturated rings. The Balaban J connectivity index is 1.37. The fourth-order valence-corrected chi connectivity index (χ4v) is 5.19. The fourth-order valence-electron chi connectivity index (χ4n) is 4.45. The highest BCUT2D eigenvalue weighted by Gasteiger charge is 2.16. The number of piperidine rings is 1. The summed E-state index contributed by atoms with van der Waals surface area (Å²) in [6.07, 6.45) is 3.95. The predicted octanol–water partition coefficient (Wildman–Crippen LogP) is 6.82. The normalized spacial score (nSPS) is 14.3. The molecule has 0 unspecified atom stereocenters. The minimum atomic E-state index is 0.701. The molecule has 0 atom stereocenters. The van der Waals surface area contributed by atoms with Gasteiger partial charge in [0.15, 0.2) is 0 Å². The van der Waals surface area contributed by atoms with Crippen LogP contribution in [0.3, 0.4) is 0 Å². The van der Waals surface area contributed by atoms with Gasteiger partial charge in [-0.15, -0.1) is 11.3 Å². The molecule has 34 heavy (non-hydrogen) atoms. The second kappa shape index (κ2) is 10.4. The molecule has 5 nitrogen and oxygen atoms in total. The lowest BCUT2D eigenvalue weighted by Gasteiger charge is -2.26. The molecule has 2 N–H and O–H groups in total. The molecule has 0 spiro atoms. The number of nitrogens with zero attached hydrogens (tertiary/aromatic N) is 1. The van der Waals surface area contributed by atoms with Gasteiger partial charge in [-0.1, -0.05) is 12.5 Å². The zero-order valence-corrected chi connectivity index (χ0v) is 20.3. The van der Waals surface area contributed by atoms with Crippen LogP contribution in [0.4, 0.5) is 5.69 Å². The minimum Gasteiger partial charge on any atom is -0.497 e. The summed E-state index contributed by atoms with van der Waals surface area (Å²) in [5, 5.41) is 6.06. The predicted molar refractivity (Wildman–Crippen MR) is 141 cm³/mol. The molecule has 5 rings (SSSR count). The summed E-state index contributed by atoms with van der Waals surface area (Å²) >= 11 is 1.59. The maximum absolute atomic E-state index is 6.47. The number of thiophene rings is 1. The molecule has 1 aliphatic rings. The lowest BCUT2D eigenvalue weighted by molar-refractivity contribution is 0.183. The number of anilines is 1. The Kier molecular flexibility index (Phi) is 6.88. The number of nitrogen functional groups attached to an aromatic ring is 1. The molecule has 0 radical (unpaired) electrons. The van der Waals surface area contributed by atoms with E-state index >= 15 is 0 Å². The van der Waals surface area contributed by atoms with Gasteiger partial charge < -0.3 is 19.9 Å². The van der Waals surface area contributed by atoms with E-state index in [-0.39, 0.29) is 0 Å². The van der Waals surface area contributed by atoms with Gasteiger partial charge in [0.2, 0.25) is 0 Å². The quantitative estimate of drug-likeness (QED) is 0.304. The van der Waals surface area contributed by atoms with Crippen LogP contribution in [0.15, 0.2) is 65.4 Å². The van der Waals surface area contributed by atoms with Crippen molar-refractivity contribution in [2.24, 2.45) is 0 Å². The zero-order chi connectivity index (χ0) is 23.3. The average molecular weight is 475 g/mol. The Morgan fingerprint density at radius 3 is 2.35 bits per heavy atom. The molecule has 1 saturated heterocycles. The van der Waals surface area contributed by atoms with Crippen LogP contribution in [-0.2, 0) is 0 Å². The van der Waals surface area contributed by atoms with E-state index < -0.39 is 0 Å². The molecule has 2 heterocycles. The van der Waals surface area contributed by atoms with Crippen molar-refractivity contribution in [1.29, 1.82) is 0 Å². The van der Waals surface area contributed by atoms with Crippen LogP contribution in [0.1, 0.15) is 19.3 Å². The molecule has 0 bridgehead atoms. The van der Waals surface area contributed by atoms with E-state index in [4.69, 9.17) is 19.9 Å². The van der Waals surface area contributed by atoms with Crippen LogP contribution in [0, 0.1) is 0 Å². The standard InChI is InChI=1S/C28H30N2O3S/c1-31-23-10-12-24-20(17-23)5-11-25(26-18-34-19-27(26)29)28(24)33-22-8-6-21(7-9-22)32-16-15-30-13-3-2-4-14-30/h5-12,17-19H,2-4,13-16,29H2,1H3. The van der Waals surface area contributed by atoms with Gasteiger partial charge in [0.25, 0.3) is 0 Å². The molecule has 1 aromatic heterocycles. The van der Waals surface area contributed by atoms with E-state index in [9.17, 15) is 0 Å². The number of ether oxygens (including phenoxy) is 3. The summed E-state index contributed by atoms with van der Waals surface area (Å²) in [6, 6.07) is 18.0. The summed E-state index contributed by atoms with van der Waals surface area (Å²) in [7, 11) is 1.68. The summed E-state index contributed by atoms with van der Waals surface area (Å²) in [5.41, 5.74) is 8.96. The van der Waals surface area contributed by atoms with Crippen molar-refractivity contribution < 1.29 is 14.2 Å². The first kappa shape index (κ1) is 22.6. The van der Waals surface area contributed by atoms with E-state index in [1.54, 1.807) is 18.4 Å². The summed E-state index contributed by atoms with van der Waals surface area (Å²) in [6.45, 7) is 4.05. The third-order valence-electron chi connectivity index (χ3n) is 6.33. The van der Waals surface area contributed by atoms with Crippen LogP contribution >= 0.6 is 11.3 Å². The van der Waals surface area contributed by atoms with Gasteiger partial charge >= 0.3 is 0 Å². The number of nitrogens with two attached hydrogens (primary N) is 1. The number of methoxy groups -OCH3 is 1. The highest BCUT2D eigenvalue weighted by molar-refractivity contribution is 7.08. The Morgan fingerprint density at radius 2 is 1.62 bits per heavy atom. The lowest BCUT2D eigenvalue weighted by atomic mass is 10.0. The Morgan fingerprint density at radius 1 is 0.853 bits per heavy atom. The monoisotopic (exact) mass is 474 g/mol. The number of fused-ring (bicyclic) bond motifs is 1. The van der Waals surface area contributed by atoms with E-state index in [2.05, 4.69) is 22.4 Å². The van der Waals surface area contributed by atoms with Gasteiger partial charge in [-0.2, -0.15) is 0 Å². The molecule has 1 aliphatic heterocycles. The first-order chi connectivity index (χ1) is 16.7. The molecule has 176 valence electrons.